The van der Waals surface area contributed by atoms with Gasteiger partial charge in [0, 0.05) is 11.6 Å². The number of para-hydroxylation sites is 1. The number of rotatable bonds is 5. The quantitative estimate of drug-likeness (QED) is 0.850. The molecule has 22 heavy (non-hydrogen) atoms. The van der Waals surface area contributed by atoms with Gasteiger partial charge in [-0.15, -0.1) is 0 Å². The maximum Gasteiger partial charge on any atom is 0.411 e. The average Bonchev–Trinajstić information content (AvgIpc) is 3.39. The first-order chi connectivity index (χ1) is 10.7. The minimum atomic E-state index is -0.444. The number of amides is 1. The Kier molecular flexibility index (Phi) is 4.39. The number of hydrogen-bond acceptors (Lipinski definition) is 3. The summed E-state index contributed by atoms with van der Waals surface area (Å²) in [6.07, 6.45) is -0.191. The Hall–Kier alpha value is -2.33. The first-order valence-corrected chi connectivity index (χ1v) is 7.42. The summed E-state index contributed by atoms with van der Waals surface area (Å²) in [5, 5.41) is 2.83. The lowest BCUT2D eigenvalue weighted by atomic mass is 9.96. The van der Waals surface area contributed by atoms with E-state index < -0.39 is 6.09 Å². The molecule has 1 saturated heterocycles. The number of carbonyl (C=O) groups excluding carboxylic acids is 1. The molecular weight excluding hydrogens is 278 g/mol. The SMILES string of the molecule is CC(c1ccccc1NC(=O)OCc1ccccc1)C1CO1. The van der Waals surface area contributed by atoms with E-state index in [0.29, 0.717) is 0 Å². The molecule has 0 saturated carbocycles. The van der Waals surface area contributed by atoms with Crippen molar-refractivity contribution in [3.8, 4) is 0 Å². The normalized spacial score (nSPS) is 17.6. The molecule has 2 aromatic rings. The van der Waals surface area contributed by atoms with Crippen LogP contribution < -0.4 is 5.32 Å². The van der Waals surface area contributed by atoms with Crippen molar-refractivity contribution in [1.29, 1.82) is 0 Å². The van der Waals surface area contributed by atoms with Gasteiger partial charge in [0.1, 0.15) is 6.61 Å². The largest absolute Gasteiger partial charge is 0.444 e. The second kappa shape index (κ2) is 6.62. The van der Waals surface area contributed by atoms with Gasteiger partial charge in [-0.3, -0.25) is 5.32 Å². The first kappa shape index (κ1) is 14.6. The lowest BCUT2D eigenvalue weighted by molar-refractivity contribution is 0.155. The Labute approximate surface area is 130 Å². The van der Waals surface area contributed by atoms with E-state index in [0.717, 1.165) is 23.4 Å². The topological polar surface area (TPSA) is 50.9 Å². The molecule has 2 aromatic carbocycles. The molecule has 0 aromatic heterocycles. The third kappa shape index (κ3) is 3.65. The van der Waals surface area contributed by atoms with Crippen LogP contribution in [0.25, 0.3) is 0 Å². The van der Waals surface area contributed by atoms with E-state index in [-0.39, 0.29) is 18.6 Å². The van der Waals surface area contributed by atoms with E-state index in [1.807, 2.05) is 54.6 Å². The molecule has 1 N–H and O–H groups in total. The van der Waals surface area contributed by atoms with E-state index in [9.17, 15) is 4.79 Å². The molecule has 1 fully saturated rings. The number of epoxide rings is 1. The fraction of sp³-hybridized carbons (Fsp3) is 0.278. The fourth-order valence-electron chi connectivity index (χ4n) is 2.42. The second-order valence-electron chi connectivity index (χ2n) is 5.43. The molecule has 1 amide bonds. The maximum atomic E-state index is 12.0. The van der Waals surface area contributed by atoms with Crippen LogP contribution in [0.15, 0.2) is 54.6 Å². The number of benzene rings is 2. The Morgan fingerprint density at radius 2 is 1.91 bits per heavy atom. The van der Waals surface area contributed by atoms with Gasteiger partial charge in [0.25, 0.3) is 0 Å². The maximum absolute atomic E-state index is 12.0. The van der Waals surface area contributed by atoms with Gasteiger partial charge in [0.2, 0.25) is 0 Å². The first-order valence-electron chi connectivity index (χ1n) is 7.42. The number of anilines is 1. The summed E-state index contributed by atoms with van der Waals surface area (Å²) < 4.78 is 10.6. The van der Waals surface area contributed by atoms with Gasteiger partial charge in [-0.25, -0.2) is 4.79 Å². The Bertz CT molecular complexity index is 638. The molecule has 1 aliphatic rings. The van der Waals surface area contributed by atoms with Crippen LogP contribution in [-0.4, -0.2) is 18.8 Å². The molecule has 1 heterocycles. The number of hydrogen-bond donors (Lipinski definition) is 1. The van der Waals surface area contributed by atoms with Gasteiger partial charge in [-0.05, 0) is 17.2 Å². The third-order valence-corrected chi connectivity index (χ3v) is 3.82. The third-order valence-electron chi connectivity index (χ3n) is 3.82. The molecule has 0 aliphatic carbocycles. The molecular formula is C18H19NO3. The van der Waals surface area contributed by atoms with Gasteiger partial charge >= 0.3 is 6.09 Å². The van der Waals surface area contributed by atoms with Gasteiger partial charge in [-0.2, -0.15) is 0 Å². The predicted molar refractivity (Wildman–Crippen MR) is 84.8 cm³/mol. The smallest absolute Gasteiger partial charge is 0.411 e. The van der Waals surface area contributed by atoms with Crippen LogP contribution >= 0.6 is 0 Å². The van der Waals surface area contributed by atoms with Crippen molar-refractivity contribution in [1.82, 2.24) is 0 Å². The average molecular weight is 297 g/mol. The van der Waals surface area contributed by atoms with Crippen molar-refractivity contribution in [3.63, 3.8) is 0 Å². The molecule has 2 atom stereocenters. The van der Waals surface area contributed by atoms with Crippen LogP contribution in [0.2, 0.25) is 0 Å². The van der Waals surface area contributed by atoms with Crippen LogP contribution in [0.4, 0.5) is 10.5 Å². The fourth-order valence-corrected chi connectivity index (χ4v) is 2.42. The predicted octanol–water partition coefficient (Wildman–Crippen LogP) is 3.94. The van der Waals surface area contributed by atoms with Crippen molar-refractivity contribution < 1.29 is 14.3 Å². The van der Waals surface area contributed by atoms with Crippen LogP contribution in [0.5, 0.6) is 0 Å². The number of nitrogens with one attached hydrogen (secondary N) is 1. The molecule has 0 spiro atoms. The van der Waals surface area contributed by atoms with Crippen molar-refractivity contribution in [3.05, 3.63) is 65.7 Å². The van der Waals surface area contributed by atoms with E-state index in [4.69, 9.17) is 9.47 Å². The second-order valence-corrected chi connectivity index (χ2v) is 5.43. The highest BCUT2D eigenvalue weighted by molar-refractivity contribution is 5.85. The van der Waals surface area contributed by atoms with Crippen LogP contribution in [0.3, 0.4) is 0 Å². The van der Waals surface area contributed by atoms with Crippen LogP contribution in [0, 0.1) is 0 Å². The molecule has 1 aliphatic heterocycles. The minimum absolute atomic E-state index is 0.253. The Morgan fingerprint density at radius 1 is 1.23 bits per heavy atom. The molecule has 4 nitrogen and oxygen atoms in total. The summed E-state index contributed by atoms with van der Waals surface area (Å²) in [6.45, 7) is 3.15. The number of carbonyl (C=O) groups is 1. The van der Waals surface area contributed by atoms with Gasteiger partial charge in [0.15, 0.2) is 0 Å². The summed E-state index contributed by atoms with van der Waals surface area (Å²) in [7, 11) is 0. The van der Waals surface area contributed by atoms with Crippen molar-refractivity contribution in [2.75, 3.05) is 11.9 Å². The Morgan fingerprint density at radius 3 is 2.64 bits per heavy atom. The molecule has 2 unspecified atom stereocenters. The zero-order valence-corrected chi connectivity index (χ0v) is 12.5. The summed E-state index contributed by atoms with van der Waals surface area (Å²) in [5.41, 5.74) is 2.82. The summed E-state index contributed by atoms with van der Waals surface area (Å²) >= 11 is 0. The molecule has 3 rings (SSSR count). The van der Waals surface area contributed by atoms with Gasteiger partial charge in [-0.1, -0.05) is 55.5 Å². The monoisotopic (exact) mass is 297 g/mol. The highest BCUT2D eigenvalue weighted by Crippen LogP contribution is 2.33. The van der Waals surface area contributed by atoms with Gasteiger partial charge in [0.05, 0.1) is 12.7 Å². The summed E-state index contributed by atoms with van der Waals surface area (Å²) in [5.74, 6) is 0.255. The zero-order valence-electron chi connectivity index (χ0n) is 12.5. The minimum Gasteiger partial charge on any atom is -0.444 e. The van der Waals surface area contributed by atoms with E-state index >= 15 is 0 Å². The highest BCUT2D eigenvalue weighted by Gasteiger charge is 2.31. The molecule has 114 valence electrons. The van der Waals surface area contributed by atoms with E-state index in [2.05, 4.69) is 12.2 Å². The van der Waals surface area contributed by atoms with E-state index in [1.54, 1.807) is 0 Å². The van der Waals surface area contributed by atoms with Crippen LogP contribution in [0.1, 0.15) is 24.0 Å². The van der Waals surface area contributed by atoms with E-state index in [1.165, 1.54) is 0 Å². The summed E-state index contributed by atoms with van der Waals surface area (Å²) in [6, 6.07) is 17.4. The van der Waals surface area contributed by atoms with Gasteiger partial charge < -0.3 is 9.47 Å². The summed E-state index contributed by atoms with van der Waals surface area (Å²) in [4.78, 5) is 12.0. The molecule has 4 heteroatoms. The lowest BCUT2D eigenvalue weighted by Crippen LogP contribution is -2.16. The lowest BCUT2D eigenvalue weighted by Gasteiger charge is -2.15. The van der Waals surface area contributed by atoms with Crippen molar-refractivity contribution in [2.45, 2.75) is 25.6 Å². The Balaban J connectivity index is 1.61. The molecule has 0 bridgehead atoms. The number of ether oxygens (including phenoxy) is 2. The van der Waals surface area contributed by atoms with Crippen molar-refractivity contribution >= 4 is 11.8 Å². The zero-order chi connectivity index (χ0) is 15.4. The standard InChI is InChI=1S/C18H19NO3/c1-13(17-12-21-17)15-9-5-6-10-16(15)19-18(20)22-11-14-7-3-2-4-8-14/h2-10,13,17H,11-12H2,1H3,(H,19,20). The highest BCUT2D eigenvalue weighted by atomic mass is 16.6. The molecule has 0 radical (unpaired) electrons. The van der Waals surface area contributed by atoms with Crippen LogP contribution in [-0.2, 0) is 16.1 Å². The van der Waals surface area contributed by atoms with Crippen molar-refractivity contribution in [2.24, 2.45) is 0 Å².